The van der Waals surface area contributed by atoms with Crippen molar-refractivity contribution in [1.29, 1.82) is 0 Å². The van der Waals surface area contributed by atoms with Gasteiger partial charge in [0, 0.05) is 17.0 Å². The lowest BCUT2D eigenvalue weighted by Gasteiger charge is -2.25. The maximum atomic E-state index is 13.9. The average molecular weight is 483 g/mol. The van der Waals surface area contributed by atoms with E-state index in [-0.39, 0.29) is 11.8 Å². The summed E-state index contributed by atoms with van der Waals surface area (Å²) in [4.78, 5) is 31.4. The molecule has 5 nitrogen and oxygen atoms in total. The predicted molar refractivity (Wildman–Crippen MR) is 145 cm³/mol. The standard InChI is InChI=1S/C31H34N2O3/c1-5-26(23-15-9-6-10-16-23)29(30(34)32-27(21-22(2)3)31(35)36-4)33-28(24-17-11-7-12-18-24)25-19-13-8-14-20-25/h5-20,22,26-27,29H,1,21H2,2-4H3,(H,32,34)/t26-,27-,29-/m0/s1. The first-order chi connectivity index (χ1) is 17.4. The molecule has 3 rings (SSSR count). The summed E-state index contributed by atoms with van der Waals surface area (Å²) in [7, 11) is 1.33. The highest BCUT2D eigenvalue weighted by molar-refractivity contribution is 6.13. The Balaban J connectivity index is 2.13. The molecular formula is C31H34N2O3. The zero-order valence-electron chi connectivity index (χ0n) is 21.1. The normalized spacial score (nSPS) is 13.2. The summed E-state index contributed by atoms with van der Waals surface area (Å²) in [5.41, 5.74) is 3.39. The number of hydrogen-bond donors (Lipinski definition) is 1. The average Bonchev–Trinajstić information content (AvgIpc) is 2.91. The van der Waals surface area contributed by atoms with Crippen molar-refractivity contribution in [3.63, 3.8) is 0 Å². The molecule has 3 atom stereocenters. The summed E-state index contributed by atoms with van der Waals surface area (Å²) >= 11 is 0. The first kappa shape index (κ1) is 26.6. The third-order valence-corrected chi connectivity index (χ3v) is 5.92. The third kappa shape index (κ3) is 7.01. The van der Waals surface area contributed by atoms with Crippen molar-refractivity contribution in [3.8, 4) is 0 Å². The van der Waals surface area contributed by atoms with Crippen LogP contribution in [0.5, 0.6) is 0 Å². The summed E-state index contributed by atoms with van der Waals surface area (Å²) in [6.45, 7) is 8.03. The predicted octanol–water partition coefficient (Wildman–Crippen LogP) is 5.57. The SMILES string of the molecule is C=C[C@@H](c1ccccc1)[C@H](N=C(c1ccccc1)c1ccccc1)C(=O)N[C@@H](CC(C)C)C(=O)OC. The summed E-state index contributed by atoms with van der Waals surface area (Å²) in [6.07, 6.45) is 2.20. The number of ether oxygens (including phenoxy) is 1. The van der Waals surface area contributed by atoms with E-state index in [1.807, 2.05) is 105 Å². The molecule has 0 saturated heterocycles. The van der Waals surface area contributed by atoms with Crippen LogP contribution in [0.4, 0.5) is 0 Å². The molecule has 3 aromatic carbocycles. The van der Waals surface area contributed by atoms with Gasteiger partial charge >= 0.3 is 5.97 Å². The highest BCUT2D eigenvalue weighted by Gasteiger charge is 2.32. The number of amides is 1. The Labute approximate surface area is 213 Å². The van der Waals surface area contributed by atoms with E-state index in [4.69, 9.17) is 9.73 Å². The number of hydrogen-bond acceptors (Lipinski definition) is 4. The van der Waals surface area contributed by atoms with E-state index in [0.29, 0.717) is 12.1 Å². The molecule has 0 aliphatic carbocycles. The quantitative estimate of drug-likeness (QED) is 0.221. The summed E-state index contributed by atoms with van der Waals surface area (Å²) in [5, 5.41) is 2.92. The molecular weight excluding hydrogens is 448 g/mol. The Morgan fingerprint density at radius 2 is 1.39 bits per heavy atom. The van der Waals surface area contributed by atoms with Crippen LogP contribution in [-0.2, 0) is 14.3 Å². The molecule has 0 bridgehead atoms. The molecule has 0 unspecified atom stereocenters. The van der Waals surface area contributed by atoms with Gasteiger partial charge in [-0.25, -0.2) is 4.79 Å². The molecule has 0 saturated carbocycles. The van der Waals surface area contributed by atoms with E-state index in [9.17, 15) is 9.59 Å². The van der Waals surface area contributed by atoms with Crippen molar-refractivity contribution >= 4 is 17.6 Å². The minimum atomic E-state index is -0.861. The van der Waals surface area contributed by atoms with Gasteiger partial charge < -0.3 is 10.1 Å². The Hall–Kier alpha value is -3.99. The zero-order valence-corrected chi connectivity index (χ0v) is 21.1. The van der Waals surface area contributed by atoms with E-state index >= 15 is 0 Å². The fourth-order valence-electron chi connectivity index (χ4n) is 4.16. The Kier molecular flexibility index (Phi) is 9.75. The van der Waals surface area contributed by atoms with Gasteiger partial charge in [0.15, 0.2) is 0 Å². The topological polar surface area (TPSA) is 67.8 Å². The van der Waals surface area contributed by atoms with E-state index in [2.05, 4.69) is 11.9 Å². The fraction of sp³-hybridized carbons (Fsp3) is 0.258. The van der Waals surface area contributed by atoms with Crippen LogP contribution in [0, 0.1) is 5.92 Å². The van der Waals surface area contributed by atoms with Crippen molar-refractivity contribution < 1.29 is 14.3 Å². The van der Waals surface area contributed by atoms with Gasteiger partial charge in [-0.15, -0.1) is 6.58 Å². The second-order valence-electron chi connectivity index (χ2n) is 9.04. The summed E-state index contributed by atoms with van der Waals surface area (Å²) in [5.74, 6) is -1.05. The highest BCUT2D eigenvalue weighted by Crippen LogP contribution is 2.26. The van der Waals surface area contributed by atoms with Gasteiger partial charge in [0.05, 0.1) is 12.8 Å². The maximum absolute atomic E-state index is 13.9. The minimum absolute atomic E-state index is 0.185. The number of nitrogens with zero attached hydrogens (tertiary/aromatic N) is 1. The molecule has 0 aliphatic heterocycles. The smallest absolute Gasteiger partial charge is 0.328 e. The number of benzene rings is 3. The van der Waals surface area contributed by atoms with E-state index in [0.717, 1.165) is 16.7 Å². The summed E-state index contributed by atoms with van der Waals surface area (Å²) < 4.78 is 4.98. The van der Waals surface area contributed by atoms with Gasteiger partial charge in [-0.2, -0.15) is 0 Å². The molecule has 0 aliphatic rings. The Morgan fingerprint density at radius 3 is 1.83 bits per heavy atom. The van der Waals surface area contributed by atoms with Crippen LogP contribution in [0.25, 0.3) is 0 Å². The molecule has 0 spiro atoms. The van der Waals surface area contributed by atoms with E-state index in [1.54, 1.807) is 6.08 Å². The number of rotatable bonds is 11. The number of carbonyl (C=O) groups is 2. The molecule has 186 valence electrons. The van der Waals surface area contributed by atoms with Gasteiger partial charge in [0.25, 0.3) is 0 Å². The van der Waals surface area contributed by atoms with Crippen LogP contribution >= 0.6 is 0 Å². The van der Waals surface area contributed by atoms with Crippen molar-refractivity contribution in [2.45, 2.75) is 38.3 Å². The van der Waals surface area contributed by atoms with Crippen molar-refractivity contribution in [1.82, 2.24) is 5.32 Å². The van der Waals surface area contributed by atoms with Crippen molar-refractivity contribution in [3.05, 3.63) is 120 Å². The number of carbonyl (C=O) groups excluding carboxylic acids is 2. The Bertz CT molecular complexity index is 1120. The van der Waals surface area contributed by atoms with Crippen LogP contribution < -0.4 is 5.32 Å². The van der Waals surface area contributed by atoms with Gasteiger partial charge in [0.2, 0.25) is 5.91 Å². The number of esters is 1. The molecule has 1 amide bonds. The van der Waals surface area contributed by atoms with Crippen molar-refractivity contribution in [2.75, 3.05) is 7.11 Å². The molecule has 1 N–H and O–H groups in total. The molecule has 3 aromatic rings. The van der Waals surface area contributed by atoms with Crippen LogP contribution in [0.3, 0.4) is 0 Å². The van der Waals surface area contributed by atoms with Crippen LogP contribution in [-0.4, -0.2) is 36.8 Å². The van der Waals surface area contributed by atoms with Crippen LogP contribution in [0.2, 0.25) is 0 Å². The molecule has 0 radical (unpaired) electrons. The minimum Gasteiger partial charge on any atom is -0.467 e. The molecule has 0 aromatic heterocycles. The Morgan fingerprint density at radius 1 is 0.889 bits per heavy atom. The number of nitrogens with one attached hydrogen (secondary N) is 1. The first-order valence-corrected chi connectivity index (χ1v) is 12.2. The third-order valence-electron chi connectivity index (χ3n) is 5.92. The van der Waals surface area contributed by atoms with E-state index in [1.165, 1.54) is 7.11 Å². The molecule has 0 heterocycles. The van der Waals surface area contributed by atoms with E-state index < -0.39 is 24.0 Å². The molecule has 36 heavy (non-hydrogen) atoms. The van der Waals surface area contributed by atoms with Gasteiger partial charge in [-0.3, -0.25) is 9.79 Å². The van der Waals surface area contributed by atoms with Gasteiger partial charge in [-0.05, 0) is 17.9 Å². The fourth-order valence-corrected chi connectivity index (χ4v) is 4.16. The largest absolute Gasteiger partial charge is 0.467 e. The maximum Gasteiger partial charge on any atom is 0.328 e. The monoisotopic (exact) mass is 482 g/mol. The lowest BCUT2D eigenvalue weighted by Crippen LogP contribution is -2.47. The first-order valence-electron chi connectivity index (χ1n) is 12.2. The van der Waals surface area contributed by atoms with Gasteiger partial charge in [-0.1, -0.05) is 111 Å². The second kappa shape index (κ2) is 13.2. The number of aliphatic imine (C=N–C) groups is 1. The molecule has 5 heteroatoms. The van der Waals surface area contributed by atoms with Crippen LogP contribution in [0.15, 0.2) is 109 Å². The highest BCUT2D eigenvalue weighted by atomic mass is 16.5. The lowest BCUT2D eigenvalue weighted by atomic mass is 9.90. The van der Waals surface area contributed by atoms with Crippen molar-refractivity contribution in [2.24, 2.45) is 10.9 Å². The summed E-state index contributed by atoms with van der Waals surface area (Å²) in [6, 6.07) is 27.6. The zero-order chi connectivity index (χ0) is 25.9. The number of methoxy groups -OCH3 is 1. The van der Waals surface area contributed by atoms with Crippen LogP contribution in [0.1, 0.15) is 42.9 Å². The molecule has 0 fully saturated rings. The lowest BCUT2D eigenvalue weighted by molar-refractivity contribution is -0.145. The van der Waals surface area contributed by atoms with Gasteiger partial charge in [0.1, 0.15) is 12.1 Å². The second-order valence-corrected chi connectivity index (χ2v) is 9.04.